The number of aliphatic hydroxyl groups excluding tert-OH is 1. The Kier molecular flexibility index (Phi) is 6.87. The smallest absolute Gasteiger partial charge is 0.0467 e. The van der Waals surface area contributed by atoms with Gasteiger partial charge in [-0.3, -0.25) is 0 Å². The van der Waals surface area contributed by atoms with Crippen molar-refractivity contribution in [2.24, 2.45) is 11.8 Å². The third kappa shape index (κ3) is 4.83. The highest BCUT2D eigenvalue weighted by Gasteiger charge is 2.20. The minimum Gasteiger partial charge on any atom is -0.396 e. The van der Waals surface area contributed by atoms with Gasteiger partial charge in [0.25, 0.3) is 0 Å². The minimum atomic E-state index is 0.261. The van der Waals surface area contributed by atoms with Gasteiger partial charge in [-0.2, -0.15) is 0 Å². The molecule has 0 rings (SSSR count). The van der Waals surface area contributed by atoms with Gasteiger partial charge in [0.2, 0.25) is 0 Å². The first-order valence-electron chi connectivity index (χ1n) is 4.38. The van der Waals surface area contributed by atoms with Gasteiger partial charge in [-0.05, 0) is 18.3 Å². The summed E-state index contributed by atoms with van der Waals surface area (Å²) >= 11 is 7.15. The second-order valence-corrected chi connectivity index (χ2v) is 6.22. The third-order valence-electron chi connectivity index (χ3n) is 2.07. The zero-order valence-corrected chi connectivity index (χ0v) is 11.1. The van der Waals surface area contributed by atoms with E-state index in [4.69, 9.17) is 5.11 Å². The molecule has 3 heteroatoms. The van der Waals surface area contributed by atoms with Gasteiger partial charge >= 0.3 is 0 Å². The Morgan fingerprint density at radius 2 is 1.58 bits per heavy atom. The van der Waals surface area contributed by atoms with Crippen molar-refractivity contribution in [2.45, 2.75) is 36.8 Å². The zero-order chi connectivity index (χ0) is 9.72. The van der Waals surface area contributed by atoms with E-state index in [2.05, 4.69) is 52.6 Å². The molecule has 4 atom stereocenters. The molecule has 0 bridgehead atoms. The third-order valence-corrected chi connectivity index (χ3v) is 4.25. The maximum Gasteiger partial charge on any atom is 0.0467 e. The highest BCUT2D eigenvalue weighted by molar-refractivity contribution is 9.09. The lowest BCUT2D eigenvalue weighted by Gasteiger charge is -2.23. The van der Waals surface area contributed by atoms with E-state index in [0.717, 1.165) is 6.42 Å². The maximum atomic E-state index is 8.95. The normalized spacial score (nSPS) is 21.5. The van der Waals surface area contributed by atoms with Crippen molar-refractivity contribution in [3.05, 3.63) is 0 Å². The second kappa shape index (κ2) is 6.39. The molecule has 1 N–H and O–H groups in total. The molecule has 0 aromatic carbocycles. The molecule has 0 spiro atoms. The average molecular weight is 302 g/mol. The largest absolute Gasteiger partial charge is 0.396 e. The predicted molar refractivity (Wildman–Crippen MR) is 61.1 cm³/mol. The molecule has 0 aliphatic rings. The van der Waals surface area contributed by atoms with Crippen LogP contribution in [0.2, 0.25) is 0 Å². The Morgan fingerprint density at radius 3 is 1.92 bits per heavy atom. The summed E-state index contributed by atoms with van der Waals surface area (Å²) in [6.45, 7) is 6.69. The molecule has 0 saturated heterocycles. The molecule has 0 saturated carbocycles. The van der Waals surface area contributed by atoms with Crippen LogP contribution in [-0.2, 0) is 0 Å². The van der Waals surface area contributed by atoms with Crippen molar-refractivity contribution < 1.29 is 5.11 Å². The van der Waals surface area contributed by atoms with Crippen LogP contribution in [-0.4, -0.2) is 21.4 Å². The number of rotatable bonds is 5. The van der Waals surface area contributed by atoms with Gasteiger partial charge in [0.05, 0.1) is 0 Å². The predicted octanol–water partition coefficient (Wildman–Crippen LogP) is 3.19. The van der Waals surface area contributed by atoms with E-state index in [0.29, 0.717) is 21.5 Å². The summed E-state index contributed by atoms with van der Waals surface area (Å²) in [7, 11) is 0. The lowest BCUT2D eigenvalue weighted by Crippen LogP contribution is -2.23. The van der Waals surface area contributed by atoms with Gasteiger partial charge < -0.3 is 5.11 Å². The molecule has 0 fully saturated rings. The van der Waals surface area contributed by atoms with E-state index < -0.39 is 0 Å². The van der Waals surface area contributed by atoms with Crippen molar-refractivity contribution in [1.29, 1.82) is 0 Å². The fourth-order valence-electron chi connectivity index (χ4n) is 1.30. The second-order valence-electron chi connectivity index (χ2n) is 3.60. The first-order chi connectivity index (χ1) is 5.49. The molecule has 12 heavy (non-hydrogen) atoms. The number of aliphatic hydroxyl groups is 1. The van der Waals surface area contributed by atoms with Crippen molar-refractivity contribution >= 4 is 31.9 Å². The summed E-state index contributed by atoms with van der Waals surface area (Å²) in [5.74, 6) is 0.938. The first-order valence-corrected chi connectivity index (χ1v) is 6.21. The van der Waals surface area contributed by atoms with Crippen LogP contribution in [0.5, 0.6) is 0 Å². The Hall–Kier alpha value is 0.920. The number of hydrogen-bond acceptors (Lipinski definition) is 1. The summed E-state index contributed by atoms with van der Waals surface area (Å²) in [6.07, 6.45) is 1.14. The zero-order valence-electron chi connectivity index (χ0n) is 7.93. The van der Waals surface area contributed by atoms with Crippen molar-refractivity contribution in [1.82, 2.24) is 0 Å². The fraction of sp³-hybridized carbons (Fsp3) is 1.00. The summed E-state index contributed by atoms with van der Waals surface area (Å²) in [5.41, 5.74) is 0. The summed E-state index contributed by atoms with van der Waals surface area (Å²) in [5, 5.41) is 8.95. The molecule has 1 nitrogen and oxygen atoms in total. The number of alkyl halides is 2. The van der Waals surface area contributed by atoms with Gasteiger partial charge in [-0.25, -0.2) is 0 Å². The maximum absolute atomic E-state index is 8.95. The van der Waals surface area contributed by atoms with Crippen LogP contribution in [0.25, 0.3) is 0 Å². The Bertz CT molecular complexity index is 117. The van der Waals surface area contributed by atoms with E-state index in [9.17, 15) is 0 Å². The quantitative estimate of drug-likeness (QED) is 0.773. The summed E-state index contributed by atoms with van der Waals surface area (Å²) in [6, 6.07) is 0. The highest BCUT2D eigenvalue weighted by atomic mass is 79.9. The van der Waals surface area contributed by atoms with Crippen LogP contribution in [0, 0.1) is 11.8 Å². The average Bonchev–Trinajstić information content (AvgIpc) is 2.00. The number of hydrogen-bond donors (Lipinski definition) is 1. The monoisotopic (exact) mass is 300 g/mol. The Labute approximate surface area is 92.2 Å². The van der Waals surface area contributed by atoms with Crippen LogP contribution in [0.3, 0.4) is 0 Å². The standard InChI is InChI=1S/C9H18Br2O/c1-6(4-8(3)10)9(11)7(2)5-12/h6-9,12H,4-5H2,1-3H3. The summed E-state index contributed by atoms with van der Waals surface area (Å²) < 4.78 is 0. The van der Waals surface area contributed by atoms with Crippen LogP contribution in [0.15, 0.2) is 0 Å². The lowest BCUT2D eigenvalue weighted by molar-refractivity contribution is 0.220. The highest BCUT2D eigenvalue weighted by Crippen LogP contribution is 2.26. The van der Waals surface area contributed by atoms with E-state index in [1.165, 1.54) is 0 Å². The first kappa shape index (κ1) is 12.9. The molecule has 0 aliphatic heterocycles. The van der Waals surface area contributed by atoms with Gasteiger partial charge in [-0.1, -0.05) is 52.6 Å². The van der Waals surface area contributed by atoms with Crippen molar-refractivity contribution in [2.75, 3.05) is 6.61 Å². The van der Waals surface area contributed by atoms with Crippen LogP contribution in [0.4, 0.5) is 0 Å². The Morgan fingerprint density at radius 1 is 1.08 bits per heavy atom. The molecular weight excluding hydrogens is 284 g/mol. The Balaban J connectivity index is 3.83. The lowest BCUT2D eigenvalue weighted by atomic mass is 9.94. The molecule has 0 radical (unpaired) electrons. The molecule has 0 aromatic rings. The SMILES string of the molecule is CC(Br)CC(C)C(Br)C(C)CO. The van der Waals surface area contributed by atoms with Crippen molar-refractivity contribution in [3.63, 3.8) is 0 Å². The molecule has 0 aliphatic carbocycles. The van der Waals surface area contributed by atoms with Crippen LogP contribution < -0.4 is 0 Å². The minimum absolute atomic E-state index is 0.261. The molecule has 0 heterocycles. The fourth-order valence-corrected chi connectivity index (χ4v) is 2.28. The van der Waals surface area contributed by atoms with Crippen LogP contribution in [0.1, 0.15) is 27.2 Å². The van der Waals surface area contributed by atoms with E-state index in [1.54, 1.807) is 0 Å². The van der Waals surface area contributed by atoms with Gasteiger partial charge in [0.1, 0.15) is 0 Å². The number of halogens is 2. The van der Waals surface area contributed by atoms with Crippen molar-refractivity contribution in [3.8, 4) is 0 Å². The molecular formula is C9H18Br2O. The summed E-state index contributed by atoms with van der Waals surface area (Å²) in [4.78, 5) is 0.973. The van der Waals surface area contributed by atoms with Gasteiger partial charge in [0, 0.05) is 16.3 Å². The van der Waals surface area contributed by atoms with Gasteiger partial charge in [-0.15, -0.1) is 0 Å². The molecule has 74 valence electrons. The van der Waals surface area contributed by atoms with Gasteiger partial charge in [0.15, 0.2) is 0 Å². The van der Waals surface area contributed by atoms with E-state index >= 15 is 0 Å². The van der Waals surface area contributed by atoms with Crippen LogP contribution >= 0.6 is 31.9 Å². The topological polar surface area (TPSA) is 20.2 Å². The van der Waals surface area contributed by atoms with E-state index in [-0.39, 0.29) is 6.61 Å². The molecule has 4 unspecified atom stereocenters. The molecule has 0 amide bonds. The molecule has 0 aromatic heterocycles. The van der Waals surface area contributed by atoms with E-state index in [1.807, 2.05) is 0 Å².